The van der Waals surface area contributed by atoms with Crippen LogP contribution in [0.5, 0.6) is 28.7 Å². The molecule has 0 aliphatic carbocycles. The van der Waals surface area contributed by atoms with E-state index in [0.717, 1.165) is 55.8 Å². The molecule has 0 saturated carbocycles. The lowest BCUT2D eigenvalue weighted by Gasteiger charge is -2.15. The monoisotopic (exact) mass is 475 g/mol. The van der Waals surface area contributed by atoms with Crippen molar-refractivity contribution in [2.24, 2.45) is 0 Å². The molecule has 0 unspecified atom stereocenters. The topological polar surface area (TPSA) is 40.2 Å². The van der Waals surface area contributed by atoms with Crippen molar-refractivity contribution in [1.29, 1.82) is 0 Å². The molecule has 5 rings (SSSR count). The normalized spacial score (nSPS) is 13.8. The number of likely N-dealkylation sites (tertiary alicyclic amines) is 1. The zero-order valence-electron chi connectivity index (χ0n) is 19.6. The van der Waals surface area contributed by atoms with Gasteiger partial charge in [-0.15, -0.1) is 11.3 Å². The predicted octanol–water partition coefficient (Wildman–Crippen LogP) is 6.85. The van der Waals surface area contributed by atoms with Crippen LogP contribution in [0.1, 0.15) is 12.8 Å². The van der Waals surface area contributed by atoms with Gasteiger partial charge in [0, 0.05) is 16.6 Å². The van der Waals surface area contributed by atoms with E-state index in [0.29, 0.717) is 6.61 Å². The van der Waals surface area contributed by atoms with Crippen molar-refractivity contribution in [3.63, 3.8) is 0 Å². The summed E-state index contributed by atoms with van der Waals surface area (Å²) in [4.78, 5) is 3.52. The molecule has 1 aromatic heterocycles. The minimum atomic E-state index is 0.707. The Balaban J connectivity index is 1.38. The van der Waals surface area contributed by atoms with E-state index in [2.05, 4.69) is 29.2 Å². The van der Waals surface area contributed by atoms with Crippen LogP contribution >= 0.6 is 11.3 Å². The van der Waals surface area contributed by atoms with Crippen molar-refractivity contribution < 1.29 is 18.9 Å². The van der Waals surface area contributed by atoms with Gasteiger partial charge in [0.05, 0.1) is 19.1 Å². The summed E-state index contributed by atoms with van der Waals surface area (Å²) in [6.07, 6.45) is 2.60. The molecule has 1 aliphatic heterocycles. The number of nitrogens with zero attached hydrogens (tertiary/aromatic N) is 1. The first-order valence-corrected chi connectivity index (χ1v) is 12.4. The number of ether oxygens (including phenoxy) is 4. The van der Waals surface area contributed by atoms with Gasteiger partial charge in [0.25, 0.3) is 0 Å². The van der Waals surface area contributed by atoms with Gasteiger partial charge in [-0.2, -0.15) is 0 Å². The van der Waals surface area contributed by atoms with Gasteiger partial charge in [0.2, 0.25) is 0 Å². The van der Waals surface area contributed by atoms with Gasteiger partial charge in [0.15, 0.2) is 5.75 Å². The number of hydrogen-bond acceptors (Lipinski definition) is 6. The highest BCUT2D eigenvalue weighted by molar-refractivity contribution is 7.22. The van der Waals surface area contributed by atoms with Crippen molar-refractivity contribution in [3.05, 3.63) is 66.7 Å². The van der Waals surface area contributed by atoms with E-state index < -0.39 is 0 Å². The molecular formula is C28H29NO4S. The molecule has 1 fully saturated rings. The summed E-state index contributed by atoms with van der Waals surface area (Å²) in [7, 11) is 3.36. The molecule has 1 saturated heterocycles. The lowest BCUT2D eigenvalue weighted by molar-refractivity contribution is 0.237. The van der Waals surface area contributed by atoms with E-state index >= 15 is 0 Å². The van der Waals surface area contributed by atoms with Gasteiger partial charge in [-0.1, -0.05) is 0 Å². The van der Waals surface area contributed by atoms with Crippen molar-refractivity contribution in [2.45, 2.75) is 12.8 Å². The summed E-state index contributed by atoms with van der Waals surface area (Å²) >= 11 is 1.69. The van der Waals surface area contributed by atoms with Crippen LogP contribution in [0.25, 0.3) is 20.5 Å². The van der Waals surface area contributed by atoms with E-state index in [-0.39, 0.29) is 0 Å². The van der Waals surface area contributed by atoms with E-state index in [1.165, 1.54) is 25.9 Å². The lowest BCUT2D eigenvalue weighted by Crippen LogP contribution is -2.25. The highest BCUT2D eigenvalue weighted by Gasteiger charge is 2.17. The second-order valence-electron chi connectivity index (χ2n) is 8.32. The Kier molecular flexibility index (Phi) is 6.88. The van der Waals surface area contributed by atoms with Gasteiger partial charge in [-0.05, 0) is 98.2 Å². The second-order valence-corrected chi connectivity index (χ2v) is 9.37. The average Bonchev–Trinajstić information content (AvgIpc) is 3.53. The number of methoxy groups -OCH3 is 2. The second kappa shape index (κ2) is 10.4. The highest BCUT2D eigenvalue weighted by atomic mass is 32.1. The Hall–Kier alpha value is -3.22. The molecule has 0 radical (unpaired) electrons. The third kappa shape index (κ3) is 4.98. The maximum atomic E-state index is 6.46. The molecule has 0 amide bonds. The minimum absolute atomic E-state index is 0.707. The number of rotatable bonds is 9. The quantitative estimate of drug-likeness (QED) is 0.265. The Labute approximate surface area is 204 Å². The Bertz CT molecular complexity index is 1230. The van der Waals surface area contributed by atoms with Crippen LogP contribution in [0.4, 0.5) is 0 Å². The van der Waals surface area contributed by atoms with Crippen LogP contribution in [0.15, 0.2) is 66.7 Å². The summed E-state index contributed by atoms with van der Waals surface area (Å²) in [5.41, 5.74) is 1.08. The molecule has 5 nitrogen and oxygen atoms in total. The van der Waals surface area contributed by atoms with Crippen molar-refractivity contribution in [2.75, 3.05) is 40.5 Å². The summed E-state index contributed by atoms with van der Waals surface area (Å²) in [5.74, 6) is 4.14. The van der Waals surface area contributed by atoms with Crippen LogP contribution in [0, 0.1) is 0 Å². The fourth-order valence-electron chi connectivity index (χ4n) is 4.23. The van der Waals surface area contributed by atoms with Crippen molar-refractivity contribution >= 4 is 21.4 Å². The van der Waals surface area contributed by atoms with Crippen LogP contribution in [0.3, 0.4) is 0 Å². The Morgan fingerprint density at radius 1 is 0.765 bits per heavy atom. The van der Waals surface area contributed by atoms with E-state index in [1.807, 2.05) is 42.5 Å². The number of fused-ring (bicyclic) bond motifs is 1. The Morgan fingerprint density at radius 3 is 2.12 bits per heavy atom. The number of thiophene rings is 1. The molecule has 0 atom stereocenters. The average molecular weight is 476 g/mol. The van der Waals surface area contributed by atoms with E-state index in [4.69, 9.17) is 18.9 Å². The molecule has 34 heavy (non-hydrogen) atoms. The van der Waals surface area contributed by atoms with E-state index in [1.54, 1.807) is 25.6 Å². The molecule has 0 N–H and O–H groups in total. The van der Waals surface area contributed by atoms with Gasteiger partial charge < -0.3 is 18.9 Å². The maximum Gasteiger partial charge on any atom is 0.153 e. The SMILES string of the molecule is COc1ccc(-c2sc3cc(OC)ccc3c2Oc2ccc(OCCN3CCCC3)cc2)cc1. The molecule has 0 spiro atoms. The summed E-state index contributed by atoms with van der Waals surface area (Å²) in [6, 6.07) is 22.0. The third-order valence-corrected chi connectivity index (χ3v) is 7.31. The molecule has 6 heteroatoms. The van der Waals surface area contributed by atoms with Crippen LogP contribution in [-0.4, -0.2) is 45.4 Å². The molecule has 4 aromatic rings. The standard InChI is InChI=1S/C28H29NO4S/c1-30-21-7-5-20(6-8-21)28-27(25-14-13-24(31-2)19-26(25)34-28)33-23-11-9-22(10-12-23)32-18-17-29-15-3-4-16-29/h5-14,19H,3-4,15-18H2,1-2H3. The van der Waals surface area contributed by atoms with Crippen LogP contribution in [-0.2, 0) is 0 Å². The molecule has 2 heterocycles. The van der Waals surface area contributed by atoms with Crippen LogP contribution < -0.4 is 18.9 Å². The summed E-state index contributed by atoms with van der Waals surface area (Å²) in [6.45, 7) is 4.06. The first-order valence-electron chi connectivity index (χ1n) is 11.6. The first-order chi connectivity index (χ1) is 16.7. The van der Waals surface area contributed by atoms with E-state index in [9.17, 15) is 0 Å². The maximum absolute atomic E-state index is 6.46. The summed E-state index contributed by atoms with van der Waals surface area (Å²) < 4.78 is 24.3. The van der Waals surface area contributed by atoms with Gasteiger partial charge >= 0.3 is 0 Å². The molecule has 176 valence electrons. The Morgan fingerprint density at radius 2 is 1.41 bits per heavy atom. The summed E-state index contributed by atoms with van der Waals surface area (Å²) in [5, 5.41) is 1.06. The fourth-order valence-corrected chi connectivity index (χ4v) is 5.40. The molecule has 0 bridgehead atoms. The molecule has 3 aromatic carbocycles. The number of benzene rings is 3. The molecule has 1 aliphatic rings. The fraction of sp³-hybridized carbons (Fsp3) is 0.286. The van der Waals surface area contributed by atoms with Gasteiger partial charge in [-0.25, -0.2) is 0 Å². The smallest absolute Gasteiger partial charge is 0.153 e. The van der Waals surface area contributed by atoms with Crippen molar-refractivity contribution in [1.82, 2.24) is 4.90 Å². The first kappa shape index (κ1) is 22.6. The zero-order chi connectivity index (χ0) is 23.3. The third-order valence-electron chi connectivity index (χ3n) is 6.12. The lowest BCUT2D eigenvalue weighted by atomic mass is 10.1. The largest absolute Gasteiger partial charge is 0.497 e. The van der Waals surface area contributed by atoms with Crippen LogP contribution in [0.2, 0.25) is 0 Å². The minimum Gasteiger partial charge on any atom is -0.497 e. The number of hydrogen-bond donors (Lipinski definition) is 0. The highest BCUT2D eigenvalue weighted by Crippen LogP contribution is 2.47. The predicted molar refractivity (Wildman–Crippen MR) is 138 cm³/mol. The van der Waals surface area contributed by atoms with Crippen molar-refractivity contribution in [3.8, 4) is 39.2 Å². The molecular weight excluding hydrogens is 446 g/mol. The van der Waals surface area contributed by atoms with Gasteiger partial charge in [0.1, 0.15) is 29.6 Å². The van der Waals surface area contributed by atoms with Gasteiger partial charge in [-0.3, -0.25) is 4.90 Å². The zero-order valence-corrected chi connectivity index (χ0v) is 20.4.